The first-order valence-electron chi connectivity index (χ1n) is 6.57. The highest BCUT2D eigenvalue weighted by atomic mass is 35.5. The van der Waals surface area contributed by atoms with E-state index in [2.05, 4.69) is 10.5 Å². The number of carbonyl (C=O) groups is 1. The number of hydrogen-bond acceptors (Lipinski definition) is 3. The van der Waals surface area contributed by atoms with E-state index in [1.54, 1.807) is 11.9 Å². The zero-order valence-electron chi connectivity index (χ0n) is 11.6. The van der Waals surface area contributed by atoms with Crippen LogP contribution in [0.3, 0.4) is 0 Å². The average Bonchev–Trinajstić information content (AvgIpc) is 2.88. The van der Waals surface area contributed by atoms with Gasteiger partial charge in [-0.05, 0) is 24.6 Å². The van der Waals surface area contributed by atoms with Gasteiger partial charge in [0.2, 0.25) is 0 Å². The topological polar surface area (TPSA) is 53.9 Å². The minimum absolute atomic E-state index is 0.101. The number of likely N-dealkylation sites (N-methyl/N-ethyl adjacent to an activating group) is 1. The fourth-order valence-corrected chi connectivity index (χ4v) is 2.14. The third-order valence-electron chi connectivity index (χ3n) is 3.06. The molecule has 1 heterocycles. The number of halogens is 1. The summed E-state index contributed by atoms with van der Waals surface area (Å²) in [4.78, 5) is 18.6. The van der Waals surface area contributed by atoms with Gasteiger partial charge in [-0.1, -0.05) is 28.9 Å². The first-order chi connectivity index (χ1) is 9.60. The molecule has 0 aromatic heterocycles. The molecule has 0 saturated heterocycles. The second kappa shape index (κ2) is 6.61. The van der Waals surface area contributed by atoms with Crippen molar-refractivity contribution >= 4 is 23.3 Å². The van der Waals surface area contributed by atoms with E-state index in [0.717, 1.165) is 11.3 Å². The van der Waals surface area contributed by atoms with Crippen LogP contribution < -0.4 is 5.32 Å². The number of amides is 2. The molecule has 0 saturated carbocycles. The largest absolute Gasteiger partial charge is 0.390 e. The van der Waals surface area contributed by atoms with Gasteiger partial charge < -0.3 is 15.1 Å². The van der Waals surface area contributed by atoms with Gasteiger partial charge in [0.1, 0.15) is 0 Å². The molecule has 20 heavy (non-hydrogen) atoms. The van der Waals surface area contributed by atoms with Gasteiger partial charge >= 0.3 is 6.03 Å². The summed E-state index contributed by atoms with van der Waals surface area (Å²) < 4.78 is 0. The molecule has 0 unspecified atom stereocenters. The van der Waals surface area contributed by atoms with Crippen LogP contribution in [0.5, 0.6) is 0 Å². The molecule has 6 heteroatoms. The number of benzene rings is 1. The Labute approximate surface area is 123 Å². The molecule has 2 rings (SSSR count). The Morgan fingerprint density at radius 1 is 1.50 bits per heavy atom. The van der Waals surface area contributed by atoms with E-state index in [1.165, 1.54) is 0 Å². The fraction of sp³-hybridized carbons (Fsp3) is 0.429. The van der Waals surface area contributed by atoms with Crippen LogP contribution in [0.25, 0.3) is 0 Å². The lowest BCUT2D eigenvalue weighted by Gasteiger charge is -2.19. The van der Waals surface area contributed by atoms with Gasteiger partial charge in [0.15, 0.2) is 6.10 Å². The Morgan fingerprint density at radius 2 is 2.20 bits per heavy atom. The summed E-state index contributed by atoms with van der Waals surface area (Å²) in [6.07, 6.45) is 0.582. The van der Waals surface area contributed by atoms with Crippen molar-refractivity contribution in [3.05, 3.63) is 34.9 Å². The fourth-order valence-electron chi connectivity index (χ4n) is 2.01. The van der Waals surface area contributed by atoms with E-state index in [9.17, 15) is 4.79 Å². The maximum Gasteiger partial charge on any atom is 0.317 e. The van der Waals surface area contributed by atoms with Crippen molar-refractivity contribution in [1.29, 1.82) is 0 Å². The molecule has 1 aromatic carbocycles. The molecule has 108 valence electrons. The molecule has 0 spiro atoms. The highest BCUT2D eigenvalue weighted by Gasteiger charge is 2.24. The van der Waals surface area contributed by atoms with Gasteiger partial charge in [-0.15, -0.1) is 0 Å². The monoisotopic (exact) mass is 295 g/mol. The van der Waals surface area contributed by atoms with E-state index in [0.29, 0.717) is 24.5 Å². The van der Waals surface area contributed by atoms with E-state index >= 15 is 0 Å². The number of oxime groups is 1. The average molecular weight is 296 g/mol. The van der Waals surface area contributed by atoms with Crippen molar-refractivity contribution in [2.24, 2.45) is 5.16 Å². The lowest BCUT2D eigenvalue weighted by atomic mass is 10.1. The van der Waals surface area contributed by atoms with E-state index < -0.39 is 0 Å². The lowest BCUT2D eigenvalue weighted by Crippen LogP contribution is -2.41. The van der Waals surface area contributed by atoms with Crippen molar-refractivity contribution in [2.75, 3.05) is 20.1 Å². The Morgan fingerprint density at radius 3 is 2.85 bits per heavy atom. The van der Waals surface area contributed by atoms with Crippen molar-refractivity contribution in [3.63, 3.8) is 0 Å². The Bertz CT molecular complexity index is 502. The summed E-state index contributed by atoms with van der Waals surface area (Å²) in [7, 11) is 1.74. The van der Waals surface area contributed by atoms with E-state index in [4.69, 9.17) is 16.4 Å². The molecule has 1 N–H and O–H groups in total. The minimum Gasteiger partial charge on any atom is -0.390 e. The van der Waals surface area contributed by atoms with Gasteiger partial charge in [0.05, 0.1) is 12.3 Å². The van der Waals surface area contributed by atoms with Crippen molar-refractivity contribution in [3.8, 4) is 0 Å². The molecule has 0 aliphatic carbocycles. The molecule has 0 radical (unpaired) electrons. The van der Waals surface area contributed by atoms with Gasteiger partial charge in [-0.2, -0.15) is 0 Å². The van der Waals surface area contributed by atoms with Crippen LogP contribution in [-0.2, 0) is 4.84 Å². The van der Waals surface area contributed by atoms with Crippen LogP contribution in [-0.4, -0.2) is 42.9 Å². The molecule has 0 bridgehead atoms. The summed E-state index contributed by atoms with van der Waals surface area (Å²) in [5.41, 5.74) is 1.88. The summed E-state index contributed by atoms with van der Waals surface area (Å²) >= 11 is 5.86. The van der Waals surface area contributed by atoms with Crippen LogP contribution >= 0.6 is 11.6 Å². The highest BCUT2D eigenvalue weighted by Crippen LogP contribution is 2.19. The van der Waals surface area contributed by atoms with Crippen LogP contribution in [0.2, 0.25) is 5.02 Å². The summed E-state index contributed by atoms with van der Waals surface area (Å²) in [5, 5.41) is 7.53. The smallest absolute Gasteiger partial charge is 0.317 e. The number of hydrogen-bond donors (Lipinski definition) is 1. The zero-order chi connectivity index (χ0) is 14.5. The molecule has 1 aliphatic heterocycles. The third kappa shape index (κ3) is 3.63. The summed E-state index contributed by atoms with van der Waals surface area (Å²) in [6.45, 7) is 3.01. The molecule has 1 atom stereocenters. The van der Waals surface area contributed by atoms with Crippen molar-refractivity contribution < 1.29 is 9.63 Å². The Balaban J connectivity index is 1.88. The maximum absolute atomic E-state index is 11.6. The molecule has 5 nitrogen and oxygen atoms in total. The predicted octanol–water partition coefficient (Wildman–Crippen LogP) is 2.49. The highest BCUT2D eigenvalue weighted by molar-refractivity contribution is 6.30. The maximum atomic E-state index is 11.6. The molecule has 0 fully saturated rings. The first kappa shape index (κ1) is 14.7. The van der Waals surface area contributed by atoms with Crippen LogP contribution in [0.4, 0.5) is 4.79 Å². The molecule has 1 aromatic rings. The first-order valence-corrected chi connectivity index (χ1v) is 6.95. The molecular weight excluding hydrogens is 278 g/mol. The van der Waals surface area contributed by atoms with Crippen LogP contribution in [0.1, 0.15) is 18.9 Å². The van der Waals surface area contributed by atoms with E-state index in [-0.39, 0.29) is 12.1 Å². The van der Waals surface area contributed by atoms with Crippen molar-refractivity contribution in [1.82, 2.24) is 10.2 Å². The minimum atomic E-state index is -0.103. The summed E-state index contributed by atoms with van der Waals surface area (Å²) in [6, 6.07) is 7.39. The van der Waals surface area contributed by atoms with Crippen molar-refractivity contribution in [2.45, 2.75) is 19.4 Å². The number of nitrogens with zero attached hydrogens (tertiary/aromatic N) is 2. The predicted molar refractivity (Wildman–Crippen MR) is 79.2 cm³/mol. The number of nitrogens with one attached hydrogen (secondary N) is 1. The number of carbonyl (C=O) groups excluding carboxylic acids is 1. The normalized spacial score (nSPS) is 17.4. The van der Waals surface area contributed by atoms with Crippen LogP contribution in [0, 0.1) is 0 Å². The van der Waals surface area contributed by atoms with Gasteiger partial charge in [-0.25, -0.2) is 4.79 Å². The van der Waals surface area contributed by atoms with Crippen LogP contribution in [0.15, 0.2) is 29.4 Å². The SMILES string of the molecule is CCNC(=O)N(C)C[C@@H]1CC(c2ccc(Cl)cc2)=NO1. The Kier molecular flexibility index (Phi) is 4.84. The standard InChI is InChI=1S/C14H18ClN3O2/c1-3-16-14(19)18(2)9-12-8-13(17-20-12)10-4-6-11(15)7-5-10/h4-7,12H,3,8-9H2,1-2H3,(H,16,19)/t12-/m0/s1. The molecular formula is C14H18ClN3O2. The number of rotatable bonds is 4. The second-order valence-electron chi connectivity index (χ2n) is 4.69. The Hall–Kier alpha value is -1.75. The quantitative estimate of drug-likeness (QED) is 0.928. The molecule has 1 aliphatic rings. The molecule has 2 amide bonds. The lowest BCUT2D eigenvalue weighted by molar-refractivity contribution is 0.0657. The van der Waals surface area contributed by atoms with Gasteiger partial charge in [0.25, 0.3) is 0 Å². The van der Waals surface area contributed by atoms with E-state index in [1.807, 2.05) is 31.2 Å². The van der Waals surface area contributed by atoms with Gasteiger partial charge in [-0.3, -0.25) is 0 Å². The number of urea groups is 1. The zero-order valence-corrected chi connectivity index (χ0v) is 12.4. The summed E-state index contributed by atoms with van der Waals surface area (Å²) in [5.74, 6) is 0. The second-order valence-corrected chi connectivity index (χ2v) is 5.13. The van der Waals surface area contributed by atoms with Gasteiger partial charge in [0, 0.05) is 25.0 Å². The third-order valence-corrected chi connectivity index (χ3v) is 3.31.